The quantitative estimate of drug-likeness (QED) is 0.303. The fourth-order valence-corrected chi connectivity index (χ4v) is 5.18. The first-order valence-electron chi connectivity index (χ1n) is 11.9. The Morgan fingerprint density at radius 3 is 2.00 bits per heavy atom. The normalized spacial score (nSPS) is 11.5. The fourth-order valence-electron chi connectivity index (χ4n) is 5.18. The second-order valence-corrected chi connectivity index (χ2v) is 9.02. The molecule has 5 aromatic carbocycles. The van der Waals surface area contributed by atoms with E-state index in [9.17, 15) is 0 Å². The van der Waals surface area contributed by atoms with Crippen molar-refractivity contribution >= 4 is 46.1 Å². The highest BCUT2D eigenvalue weighted by molar-refractivity contribution is 6.33. The Bertz CT molecular complexity index is 1840. The minimum atomic E-state index is 0.946. The van der Waals surface area contributed by atoms with Gasteiger partial charge >= 0.3 is 0 Å². The molecule has 0 saturated heterocycles. The second kappa shape index (κ2) is 7.74. The Morgan fingerprint density at radius 1 is 0.514 bits per heavy atom. The number of imidazole rings is 1. The van der Waals surface area contributed by atoms with Gasteiger partial charge in [0, 0.05) is 27.7 Å². The second-order valence-electron chi connectivity index (χ2n) is 9.02. The molecule has 7 aromatic rings. The highest BCUT2D eigenvalue weighted by atomic mass is 15.1. The van der Waals surface area contributed by atoms with Crippen molar-refractivity contribution in [2.24, 2.45) is 0 Å². The summed E-state index contributed by atoms with van der Waals surface area (Å²) in [7, 11) is 2.15. The van der Waals surface area contributed by atoms with Gasteiger partial charge in [-0.1, -0.05) is 66.1 Å². The van der Waals surface area contributed by atoms with E-state index in [0.717, 1.165) is 33.8 Å². The van der Waals surface area contributed by atoms with Crippen LogP contribution >= 0.6 is 0 Å². The van der Waals surface area contributed by atoms with Crippen LogP contribution in [-0.2, 0) is 0 Å². The van der Waals surface area contributed by atoms with Crippen molar-refractivity contribution < 1.29 is 0 Å². The van der Waals surface area contributed by atoms with E-state index in [2.05, 4.69) is 126 Å². The van der Waals surface area contributed by atoms with Crippen molar-refractivity contribution in [1.29, 1.82) is 0 Å². The summed E-state index contributed by atoms with van der Waals surface area (Å²) < 4.78 is 4.61. The molecular formula is C31H22BN3. The van der Waals surface area contributed by atoms with Gasteiger partial charge in [-0.05, 0) is 60.7 Å². The molecule has 0 atom stereocenters. The summed E-state index contributed by atoms with van der Waals surface area (Å²) in [6.45, 7) is 0. The van der Waals surface area contributed by atoms with Crippen molar-refractivity contribution in [1.82, 2.24) is 14.1 Å². The Hall–Kier alpha value is -4.57. The van der Waals surface area contributed by atoms with Gasteiger partial charge in [0.2, 0.25) is 0 Å². The molecule has 0 spiro atoms. The van der Waals surface area contributed by atoms with Crippen molar-refractivity contribution in [3.8, 4) is 22.8 Å². The van der Waals surface area contributed by atoms with Gasteiger partial charge in [0.05, 0.1) is 22.1 Å². The van der Waals surface area contributed by atoms with E-state index in [1.165, 1.54) is 27.3 Å². The van der Waals surface area contributed by atoms with Gasteiger partial charge in [-0.2, -0.15) is 0 Å². The van der Waals surface area contributed by atoms with Crippen LogP contribution < -0.4 is 5.46 Å². The maximum Gasteiger partial charge on any atom is 0.145 e. The highest BCUT2D eigenvalue weighted by Crippen LogP contribution is 2.33. The van der Waals surface area contributed by atoms with E-state index < -0.39 is 0 Å². The molecule has 0 amide bonds. The van der Waals surface area contributed by atoms with Crippen LogP contribution in [0.3, 0.4) is 0 Å². The van der Waals surface area contributed by atoms with Gasteiger partial charge in [0.15, 0.2) is 0 Å². The first-order valence-corrected chi connectivity index (χ1v) is 11.9. The Labute approximate surface area is 204 Å². The van der Waals surface area contributed by atoms with Crippen molar-refractivity contribution in [2.45, 2.75) is 0 Å². The number of para-hydroxylation sites is 4. The van der Waals surface area contributed by atoms with Crippen molar-refractivity contribution in [3.63, 3.8) is 0 Å². The van der Waals surface area contributed by atoms with Gasteiger partial charge in [0.1, 0.15) is 13.7 Å². The summed E-state index contributed by atoms with van der Waals surface area (Å²) >= 11 is 0. The standard InChI is InChI=1S/C31H22BN3/c32-22-16-19-26-25-10-4-6-12-28(25)34(30(26)20-22)24-17-14-21(15-18-24)31-33-27-11-5-7-13-29(27)35(31)23-8-2-1-3-9-23/h1-20H,32H2. The van der Waals surface area contributed by atoms with Gasteiger partial charge in [-0.3, -0.25) is 4.57 Å². The minimum absolute atomic E-state index is 0.946. The monoisotopic (exact) mass is 447 g/mol. The molecule has 0 aliphatic heterocycles. The third kappa shape index (κ3) is 3.11. The minimum Gasteiger partial charge on any atom is -0.309 e. The third-order valence-corrected chi connectivity index (χ3v) is 6.79. The van der Waals surface area contributed by atoms with Gasteiger partial charge in [-0.25, -0.2) is 4.98 Å². The summed E-state index contributed by atoms with van der Waals surface area (Å²) in [4.78, 5) is 5.02. The van der Waals surface area contributed by atoms with Gasteiger partial charge < -0.3 is 4.57 Å². The predicted molar refractivity (Wildman–Crippen MR) is 149 cm³/mol. The molecular weight excluding hydrogens is 425 g/mol. The van der Waals surface area contributed by atoms with Crippen LogP contribution in [0.25, 0.3) is 55.6 Å². The molecule has 164 valence electrons. The maximum atomic E-state index is 5.02. The lowest BCUT2D eigenvalue weighted by molar-refractivity contribution is 1.10. The van der Waals surface area contributed by atoms with E-state index in [4.69, 9.17) is 4.98 Å². The van der Waals surface area contributed by atoms with Crippen LogP contribution in [0, 0.1) is 0 Å². The molecule has 0 fully saturated rings. The summed E-state index contributed by atoms with van der Waals surface area (Å²) in [6.07, 6.45) is 0. The number of nitrogens with zero attached hydrogens (tertiary/aromatic N) is 3. The topological polar surface area (TPSA) is 22.8 Å². The molecule has 2 aromatic heterocycles. The first-order chi connectivity index (χ1) is 17.3. The average Bonchev–Trinajstić information content (AvgIpc) is 3.45. The number of fused-ring (bicyclic) bond motifs is 4. The number of aromatic nitrogens is 3. The van der Waals surface area contributed by atoms with Crippen molar-refractivity contribution in [2.75, 3.05) is 0 Å². The van der Waals surface area contributed by atoms with Crippen molar-refractivity contribution in [3.05, 3.63) is 121 Å². The van der Waals surface area contributed by atoms with Crippen LogP contribution in [0.2, 0.25) is 0 Å². The van der Waals surface area contributed by atoms with Gasteiger partial charge in [0.25, 0.3) is 0 Å². The van der Waals surface area contributed by atoms with E-state index in [1.54, 1.807) is 0 Å². The van der Waals surface area contributed by atoms with Crippen LogP contribution in [0.15, 0.2) is 121 Å². The zero-order valence-corrected chi connectivity index (χ0v) is 19.4. The number of hydrogen-bond donors (Lipinski definition) is 0. The Morgan fingerprint density at radius 2 is 1.17 bits per heavy atom. The molecule has 2 heterocycles. The molecule has 0 aliphatic rings. The molecule has 0 N–H and O–H groups in total. The zero-order valence-electron chi connectivity index (χ0n) is 19.4. The lowest BCUT2D eigenvalue weighted by Gasteiger charge is -2.12. The number of hydrogen-bond acceptors (Lipinski definition) is 1. The lowest BCUT2D eigenvalue weighted by atomic mass is 9.95. The molecule has 35 heavy (non-hydrogen) atoms. The van der Waals surface area contributed by atoms with E-state index in [1.807, 2.05) is 12.1 Å². The lowest BCUT2D eigenvalue weighted by Crippen LogP contribution is -2.02. The van der Waals surface area contributed by atoms with E-state index in [-0.39, 0.29) is 0 Å². The van der Waals surface area contributed by atoms with Crippen LogP contribution in [0.4, 0.5) is 0 Å². The summed E-state index contributed by atoms with van der Waals surface area (Å²) in [5.74, 6) is 0.946. The van der Waals surface area contributed by atoms with Gasteiger partial charge in [-0.15, -0.1) is 0 Å². The molecule has 4 heteroatoms. The summed E-state index contributed by atoms with van der Waals surface area (Å²) in [5, 5.41) is 2.55. The number of rotatable bonds is 3. The predicted octanol–water partition coefficient (Wildman–Crippen LogP) is 6.05. The maximum absolute atomic E-state index is 5.02. The first kappa shape index (κ1) is 19.9. The highest BCUT2D eigenvalue weighted by Gasteiger charge is 2.15. The molecule has 7 rings (SSSR count). The summed E-state index contributed by atoms with van der Waals surface area (Å²) in [6, 6.07) is 42.9. The SMILES string of the molecule is Bc1ccc2c3ccccc3n(-c3ccc(-c4nc5ccccc5n4-c4ccccc4)cc3)c2c1. The molecule has 0 bridgehead atoms. The molecule has 0 radical (unpaired) electrons. The zero-order chi connectivity index (χ0) is 23.4. The van der Waals surface area contributed by atoms with Crippen LogP contribution in [0.1, 0.15) is 0 Å². The number of benzene rings is 5. The van der Waals surface area contributed by atoms with Crippen LogP contribution in [-0.4, -0.2) is 22.0 Å². The molecule has 3 nitrogen and oxygen atoms in total. The third-order valence-electron chi connectivity index (χ3n) is 6.79. The largest absolute Gasteiger partial charge is 0.309 e. The van der Waals surface area contributed by atoms with E-state index >= 15 is 0 Å². The van der Waals surface area contributed by atoms with Crippen LogP contribution in [0.5, 0.6) is 0 Å². The fraction of sp³-hybridized carbons (Fsp3) is 0. The molecule has 0 saturated carbocycles. The molecule has 0 unspecified atom stereocenters. The Balaban J connectivity index is 1.43. The average molecular weight is 447 g/mol. The Kier molecular flexibility index (Phi) is 4.40. The summed E-state index contributed by atoms with van der Waals surface area (Å²) in [5.41, 5.74) is 9.16. The van der Waals surface area contributed by atoms with E-state index in [0.29, 0.717) is 0 Å². The smallest absolute Gasteiger partial charge is 0.145 e. The molecule has 0 aliphatic carbocycles.